The van der Waals surface area contributed by atoms with E-state index in [-0.39, 0.29) is 18.9 Å². The lowest BCUT2D eigenvalue weighted by atomic mass is 9.84. The van der Waals surface area contributed by atoms with E-state index in [1.807, 2.05) is 0 Å². The molecular formula is C15H24F3NO4. The van der Waals surface area contributed by atoms with Gasteiger partial charge in [-0.05, 0) is 18.8 Å². The number of hydrogen-bond acceptors (Lipinski definition) is 3. The van der Waals surface area contributed by atoms with Gasteiger partial charge in [-0.1, -0.05) is 32.1 Å². The third-order valence-electron chi connectivity index (χ3n) is 3.91. The number of carboxylic acids is 1. The minimum Gasteiger partial charge on any atom is -0.481 e. The maximum Gasteiger partial charge on any atom is 0.411 e. The lowest BCUT2D eigenvalue weighted by molar-refractivity contribution is -0.175. The number of rotatable bonds is 9. The molecule has 0 saturated heterocycles. The second-order valence-electron chi connectivity index (χ2n) is 6.04. The lowest BCUT2D eigenvalue weighted by Gasteiger charge is -2.27. The highest BCUT2D eigenvalue weighted by Gasteiger charge is 2.28. The molecule has 5 nitrogen and oxygen atoms in total. The van der Waals surface area contributed by atoms with E-state index in [2.05, 4.69) is 10.1 Å². The van der Waals surface area contributed by atoms with Crippen LogP contribution in [0.1, 0.15) is 51.4 Å². The number of aliphatic carboxylic acids is 1. The Morgan fingerprint density at radius 1 is 1.22 bits per heavy atom. The minimum atomic E-state index is -4.47. The first kappa shape index (κ1) is 19.7. The summed E-state index contributed by atoms with van der Waals surface area (Å²) in [7, 11) is 0. The SMILES string of the molecule is O=C(O)CCC(CC1CCCCC1)NC(=O)COCC(F)(F)F. The Morgan fingerprint density at radius 3 is 2.43 bits per heavy atom. The summed E-state index contributed by atoms with van der Waals surface area (Å²) in [5.41, 5.74) is 0. The van der Waals surface area contributed by atoms with E-state index in [0.29, 0.717) is 12.3 Å². The molecule has 1 aliphatic carbocycles. The number of halogens is 3. The van der Waals surface area contributed by atoms with E-state index in [0.717, 1.165) is 25.7 Å². The van der Waals surface area contributed by atoms with Crippen LogP contribution in [-0.2, 0) is 14.3 Å². The molecule has 0 aromatic carbocycles. The van der Waals surface area contributed by atoms with Crippen LogP contribution in [-0.4, -0.2) is 42.4 Å². The number of nitrogens with one attached hydrogen (secondary N) is 1. The van der Waals surface area contributed by atoms with Gasteiger partial charge in [0.25, 0.3) is 0 Å². The number of ether oxygens (including phenoxy) is 1. The Morgan fingerprint density at radius 2 is 1.87 bits per heavy atom. The zero-order valence-corrected chi connectivity index (χ0v) is 13.0. The molecule has 2 N–H and O–H groups in total. The Balaban J connectivity index is 2.40. The van der Waals surface area contributed by atoms with Gasteiger partial charge in [0.2, 0.25) is 5.91 Å². The van der Waals surface area contributed by atoms with Gasteiger partial charge in [0.1, 0.15) is 13.2 Å². The molecule has 1 atom stereocenters. The van der Waals surface area contributed by atoms with Crippen LogP contribution in [0.3, 0.4) is 0 Å². The van der Waals surface area contributed by atoms with Crippen molar-refractivity contribution in [3.05, 3.63) is 0 Å². The quantitative estimate of drug-likeness (QED) is 0.677. The normalized spacial score (nSPS) is 17.7. The van der Waals surface area contributed by atoms with E-state index >= 15 is 0 Å². The Bertz CT molecular complexity index is 381. The molecule has 1 fully saturated rings. The third-order valence-corrected chi connectivity index (χ3v) is 3.91. The summed E-state index contributed by atoms with van der Waals surface area (Å²) in [6.07, 6.45) is 1.92. The summed E-state index contributed by atoms with van der Waals surface area (Å²) in [5.74, 6) is -1.17. The van der Waals surface area contributed by atoms with Crippen LogP contribution in [0.4, 0.5) is 13.2 Å². The summed E-state index contributed by atoms with van der Waals surface area (Å²) < 4.78 is 40.2. The second-order valence-corrected chi connectivity index (χ2v) is 6.04. The van der Waals surface area contributed by atoms with Crippen molar-refractivity contribution in [2.75, 3.05) is 13.2 Å². The molecule has 1 amide bonds. The molecule has 23 heavy (non-hydrogen) atoms. The monoisotopic (exact) mass is 339 g/mol. The van der Waals surface area contributed by atoms with Crippen molar-refractivity contribution in [2.24, 2.45) is 5.92 Å². The average Bonchev–Trinajstić information content (AvgIpc) is 2.44. The highest BCUT2D eigenvalue weighted by atomic mass is 19.4. The van der Waals surface area contributed by atoms with E-state index < -0.39 is 31.3 Å². The lowest BCUT2D eigenvalue weighted by Crippen LogP contribution is -2.39. The molecule has 0 bridgehead atoms. The predicted octanol–water partition coefficient (Wildman–Crippen LogP) is 2.89. The first-order valence-electron chi connectivity index (χ1n) is 7.92. The van der Waals surface area contributed by atoms with Crippen LogP contribution in [0.15, 0.2) is 0 Å². The molecular weight excluding hydrogens is 315 g/mol. The van der Waals surface area contributed by atoms with Gasteiger partial charge in [-0.2, -0.15) is 13.2 Å². The highest BCUT2D eigenvalue weighted by Crippen LogP contribution is 2.28. The molecule has 134 valence electrons. The molecule has 0 aliphatic heterocycles. The zero-order valence-electron chi connectivity index (χ0n) is 13.0. The minimum absolute atomic E-state index is 0.0823. The fourth-order valence-electron chi connectivity index (χ4n) is 2.90. The summed E-state index contributed by atoms with van der Waals surface area (Å²) >= 11 is 0. The maximum atomic E-state index is 12.0. The van der Waals surface area contributed by atoms with Gasteiger partial charge in [-0.3, -0.25) is 9.59 Å². The first-order chi connectivity index (χ1) is 10.8. The summed E-state index contributed by atoms with van der Waals surface area (Å²) in [4.78, 5) is 22.4. The first-order valence-corrected chi connectivity index (χ1v) is 7.92. The van der Waals surface area contributed by atoms with Crippen molar-refractivity contribution in [2.45, 2.75) is 63.6 Å². The van der Waals surface area contributed by atoms with Crippen LogP contribution < -0.4 is 5.32 Å². The van der Waals surface area contributed by atoms with Crippen molar-refractivity contribution in [1.29, 1.82) is 0 Å². The van der Waals surface area contributed by atoms with Crippen LogP contribution in [0, 0.1) is 5.92 Å². The standard InChI is InChI=1S/C15H24F3NO4/c16-15(17,18)10-23-9-13(20)19-12(6-7-14(21)22)8-11-4-2-1-3-5-11/h11-12H,1-10H2,(H,19,20)(H,21,22). The Labute approximate surface area is 133 Å². The van der Waals surface area contributed by atoms with Crippen molar-refractivity contribution in [1.82, 2.24) is 5.32 Å². The molecule has 0 spiro atoms. The molecule has 1 unspecified atom stereocenters. The van der Waals surface area contributed by atoms with Crippen molar-refractivity contribution >= 4 is 11.9 Å². The van der Waals surface area contributed by atoms with Crippen LogP contribution >= 0.6 is 0 Å². The van der Waals surface area contributed by atoms with Gasteiger partial charge >= 0.3 is 12.1 Å². The molecule has 0 aromatic rings. The third kappa shape index (κ3) is 10.1. The van der Waals surface area contributed by atoms with Crippen LogP contribution in [0.2, 0.25) is 0 Å². The van der Waals surface area contributed by atoms with Crippen molar-refractivity contribution in [3.63, 3.8) is 0 Å². The van der Waals surface area contributed by atoms with Gasteiger partial charge in [-0.15, -0.1) is 0 Å². The van der Waals surface area contributed by atoms with Crippen LogP contribution in [0.25, 0.3) is 0 Å². The van der Waals surface area contributed by atoms with E-state index in [1.165, 1.54) is 6.42 Å². The molecule has 0 aromatic heterocycles. The molecule has 0 heterocycles. The van der Waals surface area contributed by atoms with Gasteiger partial charge in [0, 0.05) is 12.5 Å². The molecule has 1 saturated carbocycles. The number of alkyl halides is 3. The summed E-state index contributed by atoms with van der Waals surface area (Å²) in [5, 5.41) is 11.4. The predicted molar refractivity (Wildman–Crippen MR) is 76.9 cm³/mol. The fraction of sp³-hybridized carbons (Fsp3) is 0.867. The molecule has 8 heteroatoms. The highest BCUT2D eigenvalue weighted by molar-refractivity contribution is 5.77. The van der Waals surface area contributed by atoms with Gasteiger partial charge in [0.05, 0.1) is 0 Å². The Kier molecular flexibility index (Phi) is 8.36. The largest absolute Gasteiger partial charge is 0.481 e. The molecule has 1 aliphatic rings. The van der Waals surface area contributed by atoms with Crippen molar-refractivity contribution < 1.29 is 32.6 Å². The number of carbonyl (C=O) groups excluding carboxylic acids is 1. The number of carboxylic acid groups (broad SMARTS) is 1. The summed E-state index contributed by atoms with van der Waals surface area (Å²) in [6.45, 7) is -2.14. The van der Waals surface area contributed by atoms with Gasteiger partial charge in [0.15, 0.2) is 0 Å². The van der Waals surface area contributed by atoms with Gasteiger partial charge < -0.3 is 15.2 Å². The summed E-state index contributed by atoms with van der Waals surface area (Å²) in [6, 6.07) is -0.337. The molecule has 0 radical (unpaired) electrons. The number of hydrogen-bond donors (Lipinski definition) is 2. The number of carbonyl (C=O) groups is 2. The second kappa shape index (κ2) is 9.75. The number of amides is 1. The average molecular weight is 339 g/mol. The molecule has 1 rings (SSSR count). The van der Waals surface area contributed by atoms with E-state index in [4.69, 9.17) is 5.11 Å². The van der Waals surface area contributed by atoms with E-state index in [9.17, 15) is 22.8 Å². The fourth-order valence-corrected chi connectivity index (χ4v) is 2.90. The van der Waals surface area contributed by atoms with Crippen molar-refractivity contribution in [3.8, 4) is 0 Å². The van der Waals surface area contributed by atoms with E-state index in [1.54, 1.807) is 0 Å². The van der Waals surface area contributed by atoms with Gasteiger partial charge in [-0.25, -0.2) is 0 Å². The Hall–Kier alpha value is -1.31. The maximum absolute atomic E-state index is 12.0. The zero-order chi connectivity index (χ0) is 17.3. The van der Waals surface area contributed by atoms with Crippen LogP contribution in [0.5, 0.6) is 0 Å². The smallest absolute Gasteiger partial charge is 0.411 e. The topological polar surface area (TPSA) is 75.6 Å².